The smallest absolute Gasteiger partial charge is 0.0303 e. The number of hydrogen-bond acceptors (Lipinski definition) is 1. The van der Waals surface area contributed by atoms with E-state index < -0.39 is 0 Å². The van der Waals surface area contributed by atoms with Crippen molar-refractivity contribution in [1.82, 2.24) is 5.32 Å². The van der Waals surface area contributed by atoms with Gasteiger partial charge in [0.25, 0.3) is 0 Å². The summed E-state index contributed by atoms with van der Waals surface area (Å²) in [6, 6.07) is 6.75. The molecule has 0 fully saturated rings. The minimum absolute atomic E-state index is 0.364. The summed E-state index contributed by atoms with van der Waals surface area (Å²) in [6.45, 7) is 10.3. The Labute approximate surface area is 141 Å². The Hall–Kier alpha value is 0.140. The van der Waals surface area contributed by atoms with Crippen LogP contribution in [-0.2, 0) is 0 Å². The van der Waals surface area contributed by atoms with Crippen LogP contribution in [0.4, 0.5) is 0 Å². The molecule has 0 spiro atoms. The number of unbranched alkanes of at least 4 members (excludes halogenated alkanes) is 2. The van der Waals surface area contributed by atoms with Crippen molar-refractivity contribution < 1.29 is 0 Å². The van der Waals surface area contributed by atoms with E-state index >= 15 is 0 Å². The molecule has 1 rings (SSSR count). The fraction of sp³-hybridized carbons (Fsp3) is 0.647. The van der Waals surface area contributed by atoms with Gasteiger partial charge < -0.3 is 5.32 Å². The number of benzene rings is 1. The summed E-state index contributed by atoms with van der Waals surface area (Å²) in [7, 11) is 0. The molecule has 114 valence electrons. The van der Waals surface area contributed by atoms with E-state index in [9.17, 15) is 0 Å². The van der Waals surface area contributed by atoms with Crippen LogP contribution in [-0.4, -0.2) is 6.54 Å². The summed E-state index contributed by atoms with van der Waals surface area (Å²) in [6.07, 6.45) is 5.27. The van der Waals surface area contributed by atoms with E-state index in [1.165, 1.54) is 31.2 Å². The molecule has 1 aromatic rings. The molecule has 1 atom stereocenters. The molecule has 20 heavy (non-hydrogen) atoms. The lowest BCUT2D eigenvalue weighted by atomic mass is 9.86. The van der Waals surface area contributed by atoms with E-state index in [1.54, 1.807) is 0 Å². The summed E-state index contributed by atoms with van der Waals surface area (Å²) in [5.41, 5.74) is 1.68. The zero-order chi connectivity index (χ0) is 15.2. The highest BCUT2D eigenvalue weighted by Gasteiger charge is 2.19. The van der Waals surface area contributed by atoms with E-state index in [0.717, 1.165) is 15.5 Å². The molecule has 0 saturated carbocycles. The number of rotatable bonds is 8. The van der Waals surface area contributed by atoms with Crippen LogP contribution in [0.15, 0.2) is 27.1 Å². The molecule has 1 N–H and O–H groups in total. The van der Waals surface area contributed by atoms with Crippen LogP contribution in [0.25, 0.3) is 0 Å². The van der Waals surface area contributed by atoms with Crippen LogP contribution in [0, 0.1) is 5.41 Å². The average Bonchev–Trinajstić information content (AvgIpc) is 2.36. The average molecular weight is 405 g/mol. The minimum atomic E-state index is 0.364. The lowest BCUT2D eigenvalue weighted by Gasteiger charge is -2.28. The zero-order valence-electron chi connectivity index (χ0n) is 13.1. The largest absolute Gasteiger partial charge is 0.310 e. The van der Waals surface area contributed by atoms with Crippen molar-refractivity contribution in [2.24, 2.45) is 5.41 Å². The summed E-state index contributed by atoms with van der Waals surface area (Å²) in [4.78, 5) is 0. The van der Waals surface area contributed by atoms with Crippen LogP contribution >= 0.6 is 31.9 Å². The van der Waals surface area contributed by atoms with E-state index in [2.05, 4.69) is 83.1 Å². The third-order valence-corrected chi connectivity index (χ3v) is 4.95. The Bertz CT molecular complexity index is 415. The first-order valence-electron chi connectivity index (χ1n) is 7.54. The standard InChI is InChI=1S/C17H27Br2N/c1-5-6-7-10-17(3,4)12-20-13(2)15-9-8-14(18)11-16(15)19/h8-9,11,13,20H,5-7,10,12H2,1-4H3. The predicted octanol–water partition coefficient (Wildman–Crippen LogP) is 6.47. The third-order valence-electron chi connectivity index (χ3n) is 3.77. The van der Waals surface area contributed by atoms with Crippen molar-refractivity contribution >= 4 is 31.9 Å². The lowest BCUT2D eigenvalue weighted by molar-refractivity contribution is 0.290. The van der Waals surface area contributed by atoms with Crippen LogP contribution in [0.3, 0.4) is 0 Å². The Morgan fingerprint density at radius 1 is 1.20 bits per heavy atom. The SMILES string of the molecule is CCCCCC(C)(C)CNC(C)c1ccc(Br)cc1Br. The quantitative estimate of drug-likeness (QED) is 0.489. The molecule has 0 aliphatic carbocycles. The van der Waals surface area contributed by atoms with Crippen LogP contribution in [0.1, 0.15) is 65.0 Å². The summed E-state index contributed by atoms with van der Waals surface area (Å²) < 4.78 is 2.27. The van der Waals surface area contributed by atoms with Crippen molar-refractivity contribution in [2.75, 3.05) is 6.54 Å². The van der Waals surface area contributed by atoms with Gasteiger partial charge in [0.15, 0.2) is 0 Å². The lowest BCUT2D eigenvalue weighted by Crippen LogP contribution is -2.31. The second kappa shape index (κ2) is 8.55. The molecule has 0 aromatic heterocycles. The molecule has 0 radical (unpaired) electrons. The highest BCUT2D eigenvalue weighted by atomic mass is 79.9. The van der Waals surface area contributed by atoms with E-state index in [4.69, 9.17) is 0 Å². The second-order valence-electron chi connectivity index (χ2n) is 6.39. The minimum Gasteiger partial charge on any atom is -0.310 e. The number of nitrogens with one attached hydrogen (secondary N) is 1. The first-order valence-corrected chi connectivity index (χ1v) is 9.12. The van der Waals surface area contributed by atoms with Crippen molar-refractivity contribution in [1.29, 1.82) is 0 Å². The maximum absolute atomic E-state index is 3.68. The van der Waals surface area contributed by atoms with Crippen molar-refractivity contribution in [3.63, 3.8) is 0 Å². The van der Waals surface area contributed by atoms with E-state index in [1.807, 2.05) is 0 Å². The van der Waals surface area contributed by atoms with Gasteiger partial charge in [0.05, 0.1) is 0 Å². The summed E-state index contributed by atoms with van der Waals surface area (Å²) in [5.74, 6) is 0. The molecule has 0 bridgehead atoms. The van der Waals surface area contributed by atoms with Gasteiger partial charge in [-0.1, -0.05) is 78.0 Å². The van der Waals surface area contributed by atoms with Gasteiger partial charge in [0.2, 0.25) is 0 Å². The van der Waals surface area contributed by atoms with Crippen LogP contribution in [0.5, 0.6) is 0 Å². The molecule has 0 aliphatic rings. The van der Waals surface area contributed by atoms with Gasteiger partial charge in [-0.05, 0) is 36.5 Å². The summed E-state index contributed by atoms with van der Waals surface area (Å²) in [5, 5.41) is 3.68. The molecular formula is C17H27Br2N. The molecule has 1 aromatic carbocycles. The van der Waals surface area contributed by atoms with Crippen LogP contribution < -0.4 is 5.32 Å². The van der Waals surface area contributed by atoms with Gasteiger partial charge in [-0.15, -0.1) is 0 Å². The van der Waals surface area contributed by atoms with E-state index in [0.29, 0.717) is 11.5 Å². The molecular weight excluding hydrogens is 378 g/mol. The molecule has 0 saturated heterocycles. The van der Waals surface area contributed by atoms with Crippen molar-refractivity contribution in [3.05, 3.63) is 32.7 Å². The Morgan fingerprint density at radius 2 is 1.90 bits per heavy atom. The normalized spacial score (nSPS) is 13.5. The Balaban J connectivity index is 2.51. The first-order chi connectivity index (χ1) is 9.35. The van der Waals surface area contributed by atoms with Gasteiger partial charge in [0, 0.05) is 21.5 Å². The second-order valence-corrected chi connectivity index (χ2v) is 8.16. The molecule has 0 heterocycles. The van der Waals surface area contributed by atoms with Crippen LogP contribution in [0.2, 0.25) is 0 Å². The third kappa shape index (κ3) is 6.28. The Morgan fingerprint density at radius 3 is 2.50 bits per heavy atom. The first kappa shape index (κ1) is 18.2. The van der Waals surface area contributed by atoms with Gasteiger partial charge in [-0.3, -0.25) is 0 Å². The number of hydrogen-bond donors (Lipinski definition) is 1. The van der Waals surface area contributed by atoms with Gasteiger partial charge in [-0.25, -0.2) is 0 Å². The molecule has 0 aliphatic heterocycles. The molecule has 0 amide bonds. The summed E-state index contributed by atoms with van der Waals surface area (Å²) >= 11 is 7.15. The van der Waals surface area contributed by atoms with Crippen molar-refractivity contribution in [2.45, 2.75) is 59.4 Å². The fourth-order valence-electron chi connectivity index (χ4n) is 2.33. The zero-order valence-corrected chi connectivity index (χ0v) is 16.3. The maximum atomic E-state index is 3.68. The van der Waals surface area contributed by atoms with Gasteiger partial charge in [-0.2, -0.15) is 0 Å². The predicted molar refractivity (Wildman–Crippen MR) is 96.2 cm³/mol. The highest BCUT2D eigenvalue weighted by Crippen LogP contribution is 2.28. The monoisotopic (exact) mass is 403 g/mol. The fourth-order valence-corrected chi connectivity index (χ4v) is 3.72. The topological polar surface area (TPSA) is 12.0 Å². The highest BCUT2D eigenvalue weighted by molar-refractivity contribution is 9.11. The van der Waals surface area contributed by atoms with E-state index in [-0.39, 0.29) is 0 Å². The van der Waals surface area contributed by atoms with Gasteiger partial charge >= 0.3 is 0 Å². The van der Waals surface area contributed by atoms with Crippen molar-refractivity contribution in [3.8, 4) is 0 Å². The van der Waals surface area contributed by atoms with Gasteiger partial charge in [0.1, 0.15) is 0 Å². The molecule has 1 nitrogen and oxygen atoms in total. The Kier molecular flexibility index (Phi) is 7.78. The maximum Gasteiger partial charge on any atom is 0.0303 e. The molecule has 1 unspecified atom stereocenters. The number of halogens is 2. The molecule has 3 heteroatoms.